The smallest absolute Gasteiger partial charge is 0.412 e. The quantitative estimate of drug-likeness (QED) is 0.235. The highest BCUT2D eigenvalue weighted by atomic mass is 32.1. The van der Waals surface area contributed by atoms with Crippen LogP contribution in [0.3, 0.4) is 0 Å². The van der Waals surface area contributed by atoms with E-state index in [1.165, 1.54) is 43.1 Å². The van der Waals surface area contributed by atoms with Crippen molar-refractivity contribution in [1.82, 2.24) is 29.9 Å². The number of halogens is 1. The average molecular weight is 596 g/mol. The predicted octanol–water partition coefficient (Wildman–Crippen LogP) is 4.32. The standard InChI is InChI=1S/C27H26FN7O6S/c1-13-7-17(22-19(8-13)33-21(38-4)12-29-22)24-34-20-9-18(28)23(35-25(20)42-24)40-14(2)15(3)41-27(37)32-16-10-30-26(31-11-16)39-6-5-36/h7-12,14-15,36H,5-6H2,1-4H3,(H,32,37)/t14-,15+/m0/s1. The molecule has 1 amide bonds. The summed E-state index contributed by atoms with van der Waals surface area (Å²) in [6.07, 6.45) is 1.87. The van der Waals surface area contributed by atoms with Gasteiger partial charge in [0, 0.05) is 11.6 Å². The van der Waals surface area contributed by atoms with E-state index in [1.54, 1.807) is 13.8 Å². The van der Waals surface area contributed by atoms with Crippen LogP contribution in [-0.4, -0.2) is 73.6 Å². The minimum Gasteiger partial charge on any atom is -0.480 e. The SMILES string of the molecule is COc1cnc2c(-c3nc4cc(F)c(O[C@@H](C)[C@@H](C)OC(=O)Nc5cnc(OCCO)nc5)nc4s3)cc(C)cc2n1. The Morgan fingerprint density at radius 2 is 1.83 bits per heavy atom. The number of hydrogen-bond acceptors (Lipinski definition) is 13. The van der Waals surface area contributed by atoms with E-state index in [9.17, 15) is 9.18 Å². The Hall–Kier alpha value is -4.76. The van der Waals surface area contributed by atoms with E-state index in [0.29, 0.717) is 32.3 Å². The molecule has 5 aromatic rings. The fraction of sp³-hybridized carbons (Fsp3) is 0.296. The number of aliphatic hydroxyl groups excluding tert-OH is 1. The van der Waals surface area contributed by atoms with Crippen molar-refractivity contribution in [2.75, 3.05) is 25.6 Å². The van der Waals surface area contributed by atoms with Crippen molar-refractivity contribution in [3.05, 3.63) is 48.2 Å². The molecule has 2 N–H and O–H groups in total. The summed E-state index contributed by atoms with van der Waals surface area (Å²) in [7, 11) is 1.52. The van der Waals surface area contributed by atoms with Gasteiger partial charge in [-0.3, -0.25) is 5.32 Å². The summed E-state index contributed by atoms with van der Waals surface area (Å²) in [5, 5.41) is 11.9. The Balaban J connectivity index is 1.28. The van der Waals surface area contributed by atoms with Gasteiger partial charge in [-0.15, -0.1) is 0 Å². The lowest BCUT2D eigenvalue weighted by atomic mass is 10.1. The fourth-order valence-corrected chi connectivity index (χ4v) is 4.74. The third kappa shape index (κ3) is 6.42. The zero-order valence-corrected chi connectivity index (χ0v) is 23.8. The first kappa shape index (κ1) is 28.8. The second-order valence-corrected chi connectivity index (χ2v) is 10.1. The van der Waals surface area contributed by atoms with Crippen LogP contribution in [0.2, 0.25) is 0 Å². The van der Waals surface area contributed by atoms with E-state index in [1.807, 2.05) is 19.1 Å². The van der Waals surface area contributed by atoms with Gasteiger partial charge in [-0.25, -0.2) is 34.1 Å². The fourth-order valence-electron chi connectivity index (χ4n) is 3.81. The van der Waals surface area contributed by atoms with Gasteiger partial charge >= 0.3 is 12.1 Å². The number of aliphatic hydroxyl groups is 1. The van der Waals surface area contributed by atoms with Crippen LogP contribution in [0, 0.1) is 12.7 Å². The number of aryl methyl sites for hydroxylation is 1. The van der Waals surface area contributed by atoms with Crippen molar-refractivity contribution in [3.8, 4) is 28.3 Å². The monoisotopic (exact) mass is 595 g/mol. The molecule has 0 bridgehead atoms. The number of amides is 1. The van der Waals surface area contributed by atoms with Crippen LogP contribution < -0.4 is 19.5 Å². The molecule has 0 spiro atoms. The molecule has 0 unspecified atom stereocenters. The predicted molar refractivity (Wildman–Crippen MR) is 151 cm³/mol. The van der Waals surface area contributed by atoms with E-state index in [0.717, 1.165) is 11.1 Å². The third-order valence-corrected chi connectivity index (χ3v) is 6.96. The molecule has 2 atom stereocenters. The number of carbonyl (C=O) groups is 1. The summed E-state index contributed by atoms with van der Waals surface area (Å²) in [6.45, 7) is 5.04. The normalized spacial score (nSPS) is 12.6. The number of nitrogens with one attached hydrogen (secondary N) is 1. The number of rotatable bonds is 10. The molecule has 5 rings (SSSR count). The van der Waals surface area contributed by atoms with Gasteiger partial charge in [0.05, 0.1) is 49.0 Å². The number of ether oxygens (including phenoxy) is 4. The van der Waals surface area contributed by atoms with E-state index in [-0.39, 0.29) is 30.8 Å². The van der Waals surface area contributed by atoms with E-state index < -0.39 is 24.1 Å². The number of methoxy groups -OCH3 is 1. The molecular weight excluding hydrogens is 569 g/mol. The maximum Gasteiger partial charge on any atom is 0.412 e. The van der Waals surface area contributed by atoms with Crippen LogP contribution in [0.25, 0.3) is 32.0 Å². The Morgan fingerprint density at radius 3 is 2.57 bits per heavy atom. The molecular formula is C27H26FN7O6S. The van der Waals surface area contributed by atoms with Gasteiger partial charge in [-0.2, -0.15) is 4.98 Å². The molecule has 13 nitrogen and oxygen atoms in total. The molecule has 0 saturated heterocycles. The molecule has 15 heteroatoms. The number of hydrogen-bond donors (Lipinski definition) is 2. The molecule has 0 aliphatic heterocycles. The molecule has 0 radical (unpaired) electrons. The van der Waals surface area contributed by atoms with Gasteiger partial charge in [0.2, 0.25) is 5.88 Å². The Bertz CT molecular complexity index is 1740. The molecule has 1 aromatic carbocycles. The zero-order valence-electron chi connectivity index (χ0n) is 23.0. The topological polar surface area (TPSA) is 164 Å². The van der Waals surface area contributed by atoms with Crippen molar-refractivity contribution < 1.29 is 33.2 Å². The van der Waals surface area contributed by atoms with Gasteiger partial charge in [-0.1, -0.05) is 11.3 Å². The molecule has 42 heavy (non-hydrogen) atoms. The van der Waals surface area contributed by atoms with Crippen molar-refractivity contribution >= 4 is 44.5 Å². The van der Waals surface area contributed by atoms with Crippen molar-refractivity contribution in [2.45, 2.75) is 33.0 Å². The van der Waals surface area contributed by atoms with Gasteiger partial charge in [0.25, 0.3) is 5.88 Å². The lowest BCUT2D eigenvalue weighted by molar-refractivity contribution is 0.0379. The largest absolute Gasteiger partial charge is 0.480 e. The van der Waals surface area contributed by atoms with Gasteiger partial charge in [0.15, 0.2) is 5.82 Å². The zero-order chi connectivity index (χ0) is 29.8. The number of aromatic nitrogens is 6. The van der Waals surface area contributed by atoms with Crippen LogP contribution >= 0.6 is 11.3 Å². The molecule has 0 aliphatic carbocycles. The Morgan fingerprint density at radius 1 is 1.05 bits per heavy atom. The van der Waals surface area contributed by atoms with Gasteiger partial charge in [0.1, 0.15) is 34.2 Å². The number of thiazole rings is 1. The summed E-state index contributed by atoms with van der Waals surface area (Å²) in [6, 6.07) is 5.14. The summed E-state index contributed by atoms with van der Waals surface area (Å²) in [5.41, 5.74) is 3.60. The third-order valence-electron chi connectivity index (χ3n) is 5.96. The number of anilines is 1. The Labute approximate surface area is 242 Å². The first-order chi connectivity index (χ1) is 20.2. The van der Waals surface area contributed by atoms with Crippen LogP contribution in [0.1, 0.15) is 19.4 Å². The lowest BCUT2D eigenvalue weighted by Crippen LogP contribution is -2.33. The van der Waals surface area contributed by atoms with E-state index in [2.05, 4.69) is 35.2 Å². The van der Waals surface area contributed by atoms with Crippen LogP contribution in [0.15, 0.2) is 36.8 Å². The minimum absolute atomic E-state index is 0.0475. The van der Waals surface area contributed by atoms with Crippen molar-refractivity contribution in [1.29, 1.82) is 0 Å². The number of carbonyl (C=O) groups excluding carboxylic acids is 1. The maximum absolute atomic E-state index is 15.0. The summed E-state index contributed by atoms with van der Waals surface area (Å²) in [5.74, 6) is -0.555. The second kappa shape index (κ2) is 12.4. The van der Waals surface area contributed by atoms with Crippen LogP contribution in [0.5, 0.6) is 17.8 Å². The highest BCUT2D eigenvalue weighted by molar-refractivity contribution is 7.21. The van der Waals surface area contributed by atoms with Gasteiger partial charge in [-0.05, 0) is 38.5 Å². The molecule has 218 valence electrons. The van der Waals surface area contributed by atoms with Crippen LogP contribution in [-0.2, 0) is 4.74 Å². The first-order valence-electron chi connectivity index (χ1n) is 12.7. The second-order valence-electron chi connectivity index (χ2n) is 9.10. The summed E-state index contributed by atoms with van der Waals surface area (Å²) < 4.78 is 36.4. The number of fused-ring (bicyclic) bond motifs is 2. The molecule has 0 saturated carbocycles. The number of nitrogens with zero attached hydrogens (tertiary/aromatic N) is 6. The van der Waals surface area contributed by atoms with Gasteiger partial charge < -0.3 is 24.1 Å². The first-order valence-corrected chi connectivity index (χ1v) is 13.5. The maximum atomic E-state index is 15.0. The highest BCUT2D eigenvalue weighted by Gasteiger charge is 2.23. The highest BCUT2D eigenvalue weighted by Crippen LogP contribution is 2.35. The minimum atomic E-state index is -0.785. The van der Waals surface area contributed by atoms with Crippen molar-refractivity contribution in [3.63, 3.8) is 0 Å². The van der Waals surface area contributed by atoms with Crippen LogP contribution in [0.4, 0.5) is 14.9 Å². The number of benzene rings is 1. The number of pyridine rings is 1. The summed E-state index contributed by atoms with van der Waals surface area (Å²) in [4.78, 5) is 38.5. The van der Waals surface area contributed by atoms with Crippen molar-refractivity contribution in [2.24, 2.45) is 0 Å². The molecule has 0 aliphatic rings. The lowest BCUT2D eigenvalue weighted by Gasteiger charge is -2.21. The summed E-state index contributed by atoms with van der Waals surface area (Å²) >= 11 is 1.26. The molecule has 4 aromatic heterocycles. The molecule has 4 heterocycles. The molecule has 0 fully saturated rings. The van der Waals surface area contributed by atoms with E-state index in [4.69, 9.17) is 24.1 Å². The van der Waals surface area contributed by atoms with E-state index >= 15 is 0 Å². The average Bonchev–Trinajstić information content (AvgIpc) is 3.38. The Kier molecular flexibility index (Phi) is 8.49.